The minimum Gasteiger partial charge on any atom is -0.398 e. The molecule has 1 fully saturated rings. The first-order chi connectivity index (χ1) is 8.00. The number of hydrogen-bond donors (Lipinski definition) is 2. The first kappa shape index (κ1) is 11.4. The van der Waals surface area contributed by atoms with Crippen LogP contribution in [0.5, 0.6) is 0 Å². The molecule has 1 aromatic carbocycles. The molecule has 5 heteroatoms. The van der Waals surface area contributed by atoms with Crippen molar-refractivity contribution in [3.63, 3.8) is 0 Å². The number of hydrogen-bond acceptors (Lipinski definition) is 3. The lowest BCUT2D eigenvalue weighted by atomic mass is 10.1. The van der Waals surface area contributed by atoms with Crippen molar-refractivity contribution in [2.75, 3.05) is 17.2 Å². The lowest BCUT2D eigenvalue weighted by Crippen LogP contribution is -2.28. The fourth-order valence-electron chi connectivity index (χ4n) is 2.06. The zero-order valence-corrected chi connectivity index (χ0v) is 9.64. The van der Waals surface area contributed by atoms with Gasteiger partial charge in [-0.25, -0.2) is 0 Å². The molecule has 90 valence electrons. The SMILES string of the molecule is Cc1c(N)cccc1N1CC(C(N)=O)CC1=O. The largest absolute Gasteiger partial charge is 0.398 e. The van der Waals surface area contributed by atoms with E-state index in [1.54, 1.807) is 17.0 Å². The molecule has 1 saturated heterocycles. The van der Waals surface area contributed by atoms with Crippen molar-refractivity contribution < 1.29 is 9.59 Å². The number of primary amides is 1. The molecule has 1 unspecified atom stereocenters. The topological polar surface area (TPSA) is 89.4 Å². The molecule has 1 aliphatic heterocycles. The zero-order chi connectivity index (χ0) is 12.6. The van der Waals surface area contributed by atoms with Crippen LogP contribution in [0.25, 0.3) is 0 Å². The second-order valence-electron chi connectivity index (χ2n) is 4.30. The number of nitrogen functional groups attached to an aromatic ring is 1. The number of carbonyl (C=O) groups is 2. The van der Waals surface area contributed by atoms with Crippen LogP contribution < -0.4 is 16.4 Å². The molecular formula is C12H15N3O2. The predicted octanol–water partition coefficient (Wildman–Crippen LogP) is 0.415. The van der Waals surface area contributed by atoms with E-state index < -0.39 is 11.8 Å². The van der Waals surface area contributed by atoms with Gasteiger partial charge in [0, 0.05) is 24.3 Å². The van der Waals surface area contributed by atoms with E-state index in [1.165, 1.54) is 0 Å². The molecule has 0 saturated carbocycles. The summed E-state index contributed by atoms with van der Waals surface area (Å²) in [4.78, 5) is 24.5. The second kappa shape index (κ2) is 4.08. The summed E-state index contributed by atoms with van der Waals surface area (Å²) in [7, 11) is 0. The molecule has 1 heterocycles. The Morgan fingerprint density at radius 2 is 2.18 bits per heavy atom. The summed E-state index contributed by atoms with van der Waals surface area (Å²) in [6, 6.07) is 5.40. The third kappa shape index (κ3) is 1.95. The van der Waals surface area contributed by atoms with Gasteiger partial charge in [-0.3, -0.25) is 9.59 Å². The Morgan fingerprint density at radius 1 is 1.47 bits per heavy atom. The molecule has 0 aromatic heterocycles. The molecular weight excluding hydrogens is 218 g/mol. The van der Waals surface area contributed by atoms with Crippen molar-refractivity contribution in [1.82, 2.24) is 0 Å². The number of rotatable bonds is 2. The zero-order valence-electron chi connectivity index (χ0n) is 9.64. The maximum atomic E-state index is 11.8. The van der Waals surface area contributed by atoms with E-state index >= 15 is 0 Å². The highest BCUT2D eigenvalue weighted by Gasteiger charge is 2.34. The Kier molecular flexibility index (Phi) is 2.75. The lowest BCUT2D eigenvalue weighted by molar-refractivity contribution is -0.123. The fraction of sp³-hybridized carbons (Fsp3) is 0.333. The van der Waals surface area contributed by atoms with Crippen LogP contribution in [0.2, 0.25) is 0 Å². The molecule has 1 atom stereocenters. The van der Waals surface area contributed by atoms with Crippen LogP contribution in [0.15, 0.2) is 18.2 Å². The molecule has 4 N–H and O–H groups in total. The highest BCUT2D eigenvalue weighted by Crippen LogP contribution is 2.30. The van der Waals surface area contributed by atoms with E-state index in [-0.39, 0.29) is 12.3 Å². The first-order valence-electron chi connectivity index (χ1n) is 5.45. The van der Waals surface area contributed by atoms with E-state index in [0.717, 1.165) is 11.3 Å². The minimum atomic E-state index is -0.428. The molecule has 5 nitrogen and oxygen atoms in total. The minimum absolute atomic E-state index is 0.0810. The number of nitrogens with zero attached hydrogens (tertiary/aromatic N) is 1. The van der Waals surface area contributed by atoms with E-state index in [4.69, 9.17) is 11.5 Å². The second-order valence-corrected chi connectivity index (χ2v) is 4.30. The third-order valence-electron chi connectivity index (χ3n) is 3.17. The van der Waals surface area contributed by atoms with Gasteiger partial charge < -0.3 is 16.4 Å². The predicted molar refractivity (Wildman–Crippen MR) is 65.2 cm³/mol. The quantitative estimate of drug-likeness (QED) is 0.725. The van der Waals surface area contributed by atoms with Gasteiger partial charge in [-0.15, -0.1) is 0 Å². The van der Waals surface area contributed by atoms with Gasteiger partial charge in [0.25, 0.3) is 0 Å². The van der Waals surface area contributed by atoms with E-state index in [1.807, 2.05) is 13.0 Å². The number of benzene rings is 1. The maximum Gasteiger partial charge on any atom is 0.227 e. The average molecular weight is 233 g/mol. The van der Waals surface area contributed by atoms with Gasteiger partial charge in [0.15, 0.2) is 0 Å². The standard InChI is InChI=1S/C12H15N3O2/c1-7-9(13)3-2-4-10(7)15-6-8(12(14)17)5-11(15)16/h2-4,8H,5-6,13H2,1H3,(H2,14,17). The number of anilines is 2. The molecule has 0 radical (unpaired) electrons. The molecule has 0 aliphatic carbocycles. The molecule has 0 spiro atoms. The van der Waals surface area contributed by atoms with E-state index in [9.17, 15) is 9.59 Å². The van der Waals surface area contributed by atoms with Gasteiger partial charge in [-0.2, -0.15) is 0 Å². The van der Waals surface area contributed by atoms with Crippen LogP contribution in [0.4, 0.5) is 11.4 Å². The monoisotopic (exact) mass is 233 g/mol. The Morgan fingerprint density at radius 3 is 2.76 bits per heavy atom. The Labute approximate surface area is 99.4 Å². The summed E-state index contributed by atoms with van der Waals surface area (Å²) in [5.41, 5.74) is 13.3. The molecule has 1 aliphatic rings. The molecule has 0 bridgehead atoms. The normalized spacial score (nSPS) is 19.7. The van der Waals surface area contributed by atoms with Gasteiger partial charge in [-0.05, 0) is 24.6 Å². The Bertz CT molecular complexity index is 485. The van der Waals surface area contributed by atoms with Crippen molar-refractivity contribution in [3.8, 4) is 0 Å². The highest BCUT2D eigenvalue weighted by molar-refractivity contribution is 6.01. The summed E-state index contributed by atoms with van der Waals surface area (Å²) in [5.74, 6) is -0.909. The lowest BCUT2D eigenvalue weighted by Gasteiger charge is -2.19. The highest BCUT2D eigenvalue weighted by atomic mass is 16.2. The molecule has 1 aromatic rings. The fourth-order valence-corrected chi connectivity index (χ4v) is 2.06. The van der Waals surface area contributed by atoms with Gasteiger partial charge in [0.2, 0.25) is 11.8 Å². The number of amides is 2. The van der Waals surface area contributed by atoms with Crippen molar-refractivity contribution in [2.45, 2.75) is 13.3 Å². The van der Waals surface area contributed by atoms with Crippen LogP contribution in [0.1, 0.15) is 12.0 Å². The Balaban J connectivity index is 2.32. The molecule has 2 amide bonds. The van der Waals surface area contributed by atoms with Crippen molar-refractivity contribution in [1.29, 1.82) is 0 Å². The number of nitrogens with two attached hydrogens (primary N) is 2. The first-order valence-corrected chi connectivity index (χ1v) is 5.45. The summed E-state index contributed by atoms with van der Waals surface area (Å²) in [6.45, 7) is 2.20. The van der Waals surface area contributed by atoms with E-state index in [2.05, 4.69) is 0 Å². The van der Waals surface area contributed by atoms with Gasteiger partial charge >= 0.3 is 0 Å². The summed E-state index contributed by atoms with van der Waals surface area (Å²) < 4.78 is 0. The van der Waals surface area contributed by atoms with Crippen LogP contribution >= 0.6 is 0 Å². The van der Waals surface area contributed by atoms with E-state index in [0.29, 0.717) is 12.2 Å². The van der Waals surface area contributed by atoms with Gasteiger partial charge in [0.1, 0.15) is 0 Å². The van der Waals surface area contributed by atoms with Crippen molar-refractivity contribution in [2.24, 2.45) is 11.7 Å². The van der Waals surface area contributed by atoms with Gasteiger partial charge in [-0.1, -0.05) is 6.07 Å². The summed E-state index contributed by atoms with van der Waals surface area (Å²) in [6.07, 6.45) is 0.184. The van der Waals surface area contributed by atoms with Gasteiger partial charge in [0.05, 0.1) is 5.92 Å². The Hall–Kier alpha value is -2.04. The number of carbonyl (C=O) groups excluding carboxylic acids is 2. The van der Waals surface area contributed by atoms with Crippen molar-refractivity contribution >= 4 is 23.2 Å². The van der Waals surface area contributed by atoms with Crippen LogP contribution in [-0.2, 0) is 9.59 Å². The van der Waals surface area contributed by atoms with Crippen LogP contribution in [-0.4, -0.2) is 18.4 Å². The average Bonchev–Trinajstić information content (AvgIpc) is 2.65. The third-order valence-corrected chi connectivity index (χ3v) is 3.17. The maximum absolute atomic E-state index is 11.8. The van der Waals surface area contributed by atoms with Crippen LogP contribution in [0, 0.1) is 12.8 Å². The van der Waals surface area contributed by atoms with Crippen molar-refractivity contribution in [3.05, 3.63) is 23.8 Å². The molecule has 17 heavy (non-hydrogen) atoms. The molecule has 2 rings (SSSR count). The van der Waals surface area contributed by atoms with Crippen LogP contribution in [0.3, 0.4) is 0 Å². The smallest absolute Gasteiger partial charge is 0.227 e. The summed E-state index contributed by atoms with van der Waals surface area (Å²) in [5, 5.41) is 0. The summed E-state index contributed by atoms with van der Waals surface area (Å²) >= 11 is 0.